The van der Waals surface area contributed by atoms with E-state index < -0.39 is 60.7 Å². The molecule has 27 heavy (non-hydrogen) atoms. The van der Waals surface area contributed by atoms with E-state index in [4.69, 9.17) is 14.2 Å². The first-order chi connectivity index (χ1) is 12.1. The van der Waals surface area contributed by atoms with Gasteiger partial charge in [-0.1, -0.05) is 0 Å². The summed E-state index contributed by atoms with van der Waals surface area (Å²) in [7, 11) is 0. The first-order valence-electron chi connectivity index (χ1n) is 8.28. The van der Waals surface area contributed by atoms with Gasteiger partial charge in [0, 0.05) is 20.3 Å². The van der Waals surface area contributed by atoms with Gasteiger partial charge in [-0.25, -0.2) is 9.59 Å². The Morgan fingerprint density at radius 3 is 2.30 bits per heavy atom. The quantitative estimate of drug-likeness (QED) is 0.694. The molecule has 1 aliphatic rings. The fraction of sp³-hybridized carbons (Fsp3) is 0.706. The normalized spacial score (nSPS) is 17.9. The molecule has 1 atom stereocenters. The molecule has 7 nitrogen and oxygen atoms in total. The van der Waals surface area contributed by atoms with Gasteiger partial charge in [0.2, 0.25) is 5.79 Å². The summed E-state index contributed by atoms with van der Waals surface area (Å²) in [6, 6.07) is -1.45. The maximum absolute atomic E-state index is 12.5. The summed E-state index contributed by atoms with van der Waals surface area (Å²) in [6.45, 7) is 7.62. The monoisotopic (exact) mass is 395 g/mol. The lowest BCUT2D eigenvalue weighted by atomic mass is 10.0. The Labute approximate surface area is 155 Å². The van der Waals surface area contributed by atoms with Crippen molar-refractivity contribution in [3.8, 4) is 0 Å². The van der Waals surface area contributed by atoms with E-state index in [0.717, 1.165) is 6.08 Å². The number of cyclic esters (lactones) is 1. The number of esters is 1. The van der Waals surface area contributed by atoms with Gasteiger partial charge in [0.05, 0.1) is 18.5 Å². The number of halogens is 3. The number of carbonyl (C=O) groups excluding carboxylic acids is 3. The van der Waals surface area contributed by atoms with Crippen molar-refractivity contribution in [3.63, 3.8) is 0 Å². The minimum atomic E-state index is -4.50. The zero-order valence-electron chi connectivity index (χ0n) is 15.9. The zero-order valence-corrected chi connectivity index (χ0v) is 15.9. The second-order valence-corrected chi connectivity index (χ2v) is 7.53. The smallest absolute Gasteiger partial charge is 0.408 e. The molecule has 10 heteroatoms. The lowest BCUT2D eigenvalue weighted by Crippen LogP contribution is -2.44. The number of alkyl halides is 3. The third-order valence-corrected chi connectivity index (χ3v) is 3.15. The standard InChI is InChI=1S/C17H24F3NO6/c1-15(2,3)27-14(24)21-11(6-7-17(18,19)20)12(22)8-10-9-13(23)26-16(4,5)25-10/h9,11H,6-8H2,1-5H3,(H,21,24). The van der Waals surface area contributed by atoms with E-state index >= 15 is 0 Å². The number of allylic oxidation sites excluding steroid dienone is 1. The van der Waals surface area contributed by atoms with Gasteiger partial charge in [0.1, 0.15) is 11.4 Å². The molecule has 0 spiro atoms. The molecule has 0 aromatic rings. The lowest BCUT2D eigenvalue weighted by Gasteiger charge is -2.31. The number of hydrogen-bond donors (Lipinski definition) is 1. The lowest BCUT2D eigenvalue weighted by molar-refractivity contribution is -0.205. The molecule has 1 aliphatic heterocycles. The van der Waals surface area contributed by atoms with Crippen LogP contribution in [0.4, 0.5) is 18.0 Å². The molecule has 0 fully saturated rings. The van der Waals surface area contributed by atoms with Crippen LogP contribution in [0.25, 0.3) is 0 Å². The van der Waals surface area contributed by atoms with Crippen LogP contribution >= 0.6 is 0 Å². The summed E-state index contributed by atoms with van der Waals surface area (Å²) in [5, 5.41) is 2.16. The topological polar surface area (TPSA) is 90.9 Å². The van der Waals surface area contributed by atoms with Gasteiger partial charge in [0.15, 0.2) is 5.78 Å². The Balaban J connectivity index is 2.85. The fourth-order valence-corrected chi connectivity index (χ4v) is 2.22. The summed E-state index contributed by atoms with van der Waals surface area (Å²) in [6.07, 6.45) is -6.98. The van der Waals surface area contributed by atoms with Crippen molar-refractivity contribution in [1.29, 1.82) is 0 Å². The zero-order chi connectivity index (χ0) is 21.0. The number of nitrogens with one attached hydrogen (secondary N) is 1. The van der Waals surface area contributed by atoms with Crippen LogP contribution in [0.5, 0.6) is 0 Å². The molecule has 1 heterocycles. The van der Waals surface area contributed by atoms with E-state index in [0.29, 0.717) is 0 Å². The summed E-state index contributed by atoms with van der Waals surface area (Å²) in [5.74, 6) is -2.84. The van der Waals surface area contributed by atoms with Crippen LogP contribution in [0.1, 0.15) is 53.9 Å². The molecule has 154 valence electrons. The number of hydrogen-bond acceptors (Lipinski definition) is 6. The first kappa shape index (κ1) is 22.8. The van der Waals surface area contributed by atoms with Crippen molar-refractivity contribution in [2.24, 2.45) is 0 Å². The van der Waals surface area contributed by atoms with Crippen LogP contribution in [-0.4, -0.2) is 41.5 Å². The van der Waals surface area contributed by atoms with Gasteiger partial charge in [-0.2, -0.15) is 13.2 Å². The van der Waals surface area contributed by atoms with E-state index in [1.165, 1.54) is 13.8 Å². The molecule has 1 unspecified atom stereocenters. The van der Waals surface area contributed by atoms with Crippen LogP contribution in [0.3, 0.4) is 0 Å². The van der Waals surface area contributed by atoms with Crippen LogP contribution in [0.2, 0.25) is 0 Å². The maximum Gasteiger partial charge on any atom is 0.408 e. The van der Waals surface area contributed by atoms with Crippen LogP contribution in [0.15, 0.2) is 11.8 Å². The molecule has 0 bridgehead atoms. The molecule has 1 N–H and O–H groups in total. The van der Waals surface area contributed by atoms with Crippen molar-refractivity contribution in [2.45, 2.75) is 77.5 Å². The number of ketones is 1. The maximum atomic E-state index is 12.5. The van der Waals surface area contributed by atoms with Crippen molar-refractivity contribution < 1.29 is 41.8 Å². The van der Waals surface area contributed by atoms with Crippen LogP contribution in [-0.2, 0) is 23.8 Å². The highest BCUT2D eigenvalue weighted by molar-refractivity contribution is 5.91. The predicted octanol–water partition coefficient (Wildman–Crippen LogP) is 3.37. The van der Waals surface area contributed by atoms with E-state index in [-0.39, 0.29) is 5.76 Å². The van der Waals surface area contributed by atoms with Crippen molar-refractivity contribution in [1.82, 2.24) is 5.32 Å². The van der Waals surface area contributed by atoms with E-state index in [1.807, 2.05) is 0 Å². The molecule has 0 aliphatic carbocycles. The Kier molecular flexibility index (Phi) is 6.90. The number of Topliss-reactive ketones (excluding diaryl/α,β-unsaturated/α-hetero) is 1. The van der Waals surface area contributed by atoms with Gasteiger partial charge >= 0.3 is 18.2 Å². The minimum Gasteiger partial charge on any atom is -0.456 e. The average molecular weight is 395 g/mol. The molecule has 0 radical (unpaired) electrons. The average Bonchev–Trinajstić information content (AvgIpc) is 2.37. The van der Waals surface area contributed by atoms with E-state index in [2.05, 4.69) is 5.32 Å². The highest BCUT2D eigenvalue weighted by Gasteiger charge is 2.35. The van der Waals surface area contributed by atoms with Crippen molar-refractivity contribution in [3.05, 3.63) is 11.8 Å². The molecular weight excluding hydrogens is 371 g/mol. The second-order valence-electron chi connectivity index (χ2n) is 7.53. The molecule has 0 aromatic carbocycles. The van der Waals surface area contributed by atoms with E-state index in [9.17, 15) is 27.6 Å². The third kappa shape index (κ3) is 9.30. The minimum absolute atomic E-state index is 0.0516. The fourth-order valence-electron chi connectivity index (χ4n) is 2.22. The third-order valence-electron chi connectivity index (χ3n) is 3.15. The first-order valence-corrected chi connectivity index (χ1v) is 8.28. The number of ether oxygens (including phenoxy) is 3. The number of alkyl carbamates (subject to hydrolysis) is 1. The largest absolute Gasteiger partial charge is 0.456 e. The van der Waals surface area contributed by atoms with Crippen molar-refractivity contribution >= 4 is 17.8 Å². The Bertz CT molecular complexity index is 619. The number of rotatable bonds is 6. The van der Waals surface area contributed by atoms with Crippen LogP contribution in [0, 0.1) is 0 Å². The highest BCUT2D eigenvalue weighted by Crippen LogP contribution is 2.26. The van der Waals surface area contributed by atoms with Gasteiger partial charge in [-0.05, 0) is 27.2 Å². The summed E-state index contributed by atoms with van der Waals surface area (Å²) in [5.41, 5.74) is -0.884. The summed E-state index contributed by atoms with van der Waals surface area (Å²) >= 11 is 0. The molecule has 0 saturated heterocycles. The van der Waals surface area contributed by atoms with Gasteiger partial charge < -0.3 is 19.5 Å². The van der Waals surface area contributed by atoms with Gasteiger partial charge in [-0.15, -0.1) is 0 Å². The number of amides is 1. The molecular formula is C17H24F3NO6. The molecule has 1 amide bonds. The Morgan fingerprint density at radius 2 is 1.81 bits per heavy atom. The van der Waals surface area contributed by atoms with E-state index in [1.54, 1.807) is 20.8 Å². The highest BCUT2D eigenvalue weighted by atomic mass is 19.4. The summed E-state index contributed by atoms with van der Waals surface area (Å²) < 4.78 is 52.8. The Hall–Kier alpha value is -2.26. The van der Waals surface area contributed by atoms with Crippen LogP contribution < -0.4 is 5.32 Å². The van der Waals surface area contributed by atoms with Crippen molar-refractivity contribution in [2.75, 3.05) is 0 Å². The second kappa shape index (κ2) is 8.18. The molecule has 1 rings (SSSR count). The Morgan fingerprint density at radius 1 is 1.22 bits per heavy atom. The molecule has 0 saturated carbocycles. The SMILES string of the molecule is CC(C)(C)OC(=O)NC(CCC(F)(F)F)C(=O)CC1=CC(=O)OC(C)(C)O1. The van der Waals surface area contributed by atoms with Gasteiger partial charge in [0.25, 0.3) is 0 Å². The number of carbonyl (C=O) groups is 3. The summed E-state index contributed by atoms with van der Waals surface area (Å²) in [4.78, 5) is 35.8. The van der Waals surface area contributed by atoms with Gasteiger partial charge in [-0.3, -0.25) is 4.79 Å². The molecule has 0 aromatic heterocycles. The predicted molar refractivity (Wildman–Crippen MR) is 87.4 cm³/mol.